The molecule has 3 nitrogen and oxygen atoms in total. The van der Waals surface area contributed by atoms with E-state index in [1.807, 2.05) is 0 Å². The zero-order chi connectivity index (χ0) is 5.70. The first-order chi connectivity index (χ1) is 3.31. The first kappa shape index (κ1) is 11.0. The van der Waals surface area contributed by atoms with E-state index >= 15 is 0 Å². The fraction of sp³-hybridized carbons (Fsp3) is 1.00. The normalized spacial score (nSPS) is 12.4. The SMILES string of the molecule is Cl.NC(CO)CCO. The minimum atomic E-state index is -0.245. The zero-order valence-electron chi connectivity index (χ0n) is 4.58. The number of aliphatic hydroxyl groups excluding tert-OH is 2. The van der Waals surface area contributed by atoms with Gasteiger partial charge in [0.2, 0.25) is 0 Å². The lowest BCUT2D eigenvalue weighted by Gasteiger charge is -2.01. The standard InChI is InChI=1S/C4H11NO2.ClH/c5-4(3-7)1-2-6;/h4,6-7H,1-3,5H2;1H. The van der Waals surface area contributed by atoms with Gasteiger partial charge in [0.05, 0.1) is 6.61 Å². The molecule has 0 spiro atoms. The highest BCUT2D eigenvalue weighted by molar-refractivity contribution is 5.85. The average molecular weight is 142 g/mol. The second-order valence-electron chi connectivity index (χ2n) is 1.45. The summed E-state index contributed by atoms with van der Waals surface area (Å²) in [6.07, 6.45) is 0.483. The van der Waals surface area contributed by atoms with Gasteiger partial charge in [-0.15, -0.1) is 12.4 Å². The van der Waals surface area contributed by atoms with Crippen LogP contribution in [0.5, 0.6) is 0 Å². The molecule has 0 fully saturated rings. The molecule has 0 aromatic heterocycles. The van der Waals surface area contributed by atoms with Crippen LogP contribution in [0.4, 0.5) is 0 Å². The van der Waals surface area contributed by atoms with Crippen molar-refractivity contribution < 1.29 is 10.2 Å². The first-order valence-corrected chi connectivity index (χ1v) is 2.28. The third-order valence-electron chi connectivity index (χ3n) is 0.734. The molecule has 0 aliphatic heterocycles. The van der Waals surface area contributed by atoms with Crippen LogP contribution in [-0.2, 0) is 0 Å². The minimum absolute atomic E-state index is 0. The van der Waals surface area contributed by atoms with Gasteiger partial charge in [-0.25, -0.2) is 0 Å². The van der Waals surface area contributed by atoms with E-state index < -0.39 is 0 Å². The van der Waals surface area contributed by atoms with E-state index in [1.165, 1.54) is 0 Å². The lowest BCUT2D eigenvalue weighted by atomic mass is 10.2. The second-order valence-corrected chi connectivity index (χ2v) is 1.45. The van der Waals surface area contributed by atoms with Crippen molar-refractivity contribution >= 4 is 12.4 Å². The topological polar surface area (TPSA) is 66.5 Å². The Bertz CT molecular complexity index is 45.0. The molecule has 0 aliphatic rings. The minimum Gasteiger partial charge on any atom is -0.396 e. The summed E-state index contributed by atoms with van der Waals surface area (Å²) in [6.45, 7) is 0.0162. The maximum Gasteiger partial charge on any atom is 0.0583 e. The largest absolute Gasteiger partial charge is 0.396 e. The summed E-state index contributed by atoms with van der Waals surface area (Å²) in [5.41, 5.74) is 5.17. The maximum atomic E-state index is 8.23. The van der Waals surface area contributed by atoms with Crippen LogP contribution in [-0.4, -0.2) is 29.5 Å². The van der Waals surface area contributed by atoms with Gasteiger partial charge in [0.25, 0.3) is 0 Å². The molecule has 8 heavy (non-hydrogen) atoms. The molecule has 1 atom stereocenters. The van der Waals surface area contributed by atoms with Crippen LogP contribution < -0.4 is 5.73 Å². The molecule has 0 bridgehead atoms. The van der Waals surface area contributed by atoms with Gasteiger partial charge in [-0.3, -0.25) is 0 Å². The summed E-state index contributed by atoms with van der Waals surface area (Å²) in [4.78, 5) is 0. The Labute approximate surface area is 54.9 Å². The molecule has 4 heteroatoms. The molecular formula is C4H12ClNO2. The van der Waals surface area contributed by atoms with Gasteiger partial charge < -0.3 is 15.9 Å². The summed E-state index contributed by atoms with van der Waals surface area (Å²) < 4.78 is 0. The Morgan fingerprint density at radius 3 is 2.00 bits per heavy atom. The van der Waals surface area contributed by atoms with Crippen molar-refractivity contribution in [3.05, 3.63) is 0 Å². The van der Waals surface area contributed by atoms with E-state index in [-0.39, 0.29) is 31.7 Å². The van der Waals surface area contributed by atoms with E-state index in [4.69, 9.17) is 15.9 Å². The predicted molar refractivity (Wildman–Crippen MR) is 34.0 cm³/mol. The van der Waals surface area contributed by atoms with Gasteiger partial charge in [-0.05, 0) is 6.42 Å². The number of nitrogens with two attached hydrogens (primary N) is 1. The Kier molecular flexibility index (Phi) is 9.89. The van der Waals surface area contributed by atoms with Crippen molar-refractivity contribution in [1.29, 1.82) is 0 Å². The van der Waals surface area contributed by atoms with E-state index in [0.29, 0.717) is 6.42 Å². The van der Waals surface area contributed by atoms with Crippen molar-refractivity contribution in [2.24, 2.45) is 5.73 Å². The number of hydrogen-bond acceptors (Lipinski definition) is 3. The Morgan fingerprint density at radius 2 is 1.88 bits per heavy atom. The molecule has 52 valence electrons. The molecule has 0 saturated carbocycles. The number of hydrogen-bond donors (Lipinski definition) is 3. The quantitative estimate of drug-likeness (QED) is 0.478. The van der Waals surface area contributed by atoms with Crippen LogP contribution in [0.2, 0.25) is 0 Å². The molecule has 0 aromatic rings. The highest BCUT2D eigenvalue weighted by atomic mass is 35.5. The van der Waals surface area contributed by atoms with E-state index in [2.05, 4.69) is 0 Å². The lowest BCUT2D eigenvalue weighted by Crippen LogP contribution is -2.25. The molecule has 0 radical (unpaired) electrons. The molecule has 0 aliphatic carbocycles. The van der Waals surface area contributed by atoms with Crippen LogP contribution in [0.1, 0.15) is 6.42 Å². The second kappa shape index (κ2) is 7.17. The molecular weight excluding hydrogens is 130 g/mol. The highest BCUT2D eigenvalue weighted by Crippen LogP contribution is 1.80. The predicted octanol–water partition coefficient (Wildman–Crippen LogP) is -0.890. The van der Waals surface area contributed by atoms with Crippen LogP contribution in [0.15, 0.2) is 0 Å². The van der Waals surface area contributed by atoms with E-state index in [1.54, 1.807) is 0 Å². The van der Waals surface area contributed by atoms with Gasteiger partial charge >= 0.3 is 0 Å². The van der Waals surface area contributed by atoms with Crippen molar-refractivity contribution in [2.75, 3.05) is 13.2 Å². The van der Waals surface area contributed by atoms with Crippen LogP contribution in [0, 0.1) is 0 Å². The van der Waals surface area contributed by atoms with Gasteiger partial charge in [-0.2, -0.15) is 0 Å². The molecule has 0 rings (SSSR count). The third-order valence-corrected chi connectivity index (χ3v) is 0.734. The Morgan fingerprint density at radius 1 is 1.38 bits per heavy atom. The smallest absolute Gasteiger partial charge is 0.0583 e. The lowest BCUT2D eigenvalue weighted by molar-refractivity contribution is 0.221. The third kappa shape index (κ3) is 6.17. The number of rotatable bonds is 3. The fourth-order valence-electron chi connectivity index (χ4n) is 0.257. The van der Waals surface area contributed by atoms with Crippen molar-refractivity contribution in [1.82, 2.24) is 0 Å². The van der Waals surface area contributed by atoms with Crippen LogP contribution >= 0.6 is 12.4 Å². The Hall–Kier alpha value is 0.170. The first-order valence-electron chi connectivity index (χ1n) is 2.28. The average Bonchev–Trinajstić information content (AvgIpc) is 1.68. The maximum absolute atomic E-state index is 8.23. The number of halogens is 1. The highest BCUT2D eigenvalue weighted by Gasteiger charge is 1.95. The van der Waals surface area contributed by atoms with Gasteiger partial charge in [0.15, 0.2) is 0 Å². The molecule has 0 saturated heterocycles. The zero-order valence-corrected chi connectivity index (χ0v) is 5.40. The molecule has 0 amide bonds. The van der Waals surface area contributed by atoms with E-state index in [0.717, 1.165) is 0 Å². The molecule has 4 N–H and O–H groups in total. The van der Waals surface area contributed by atoms with Gasteiger partial charge in [0, 0.05) is 12.6 Å². The summed E-state index contributed by atoms with van der Waals surface area (Å²) in [5, 5.41) is 16.4. The summed E-state index contributed by atoms with van der Waals surface area (Å²) in [7, 11) is 0. The molecule has 0 aromatic carbocycles. The number of aliphatic hydroxyl groups is 2. The van der Waals surface area contributed by atoms with Crippen molar-refractivity contribution in [3.8, 4) is 0 Å². The molecule has 1 unspecified atom stereocenters. The van der Waals surface area contributed by atoms with Crippen molar-refractivity contribution in [2.45, 2.75) is 12.5 Å². The van der Waals surface area contributed by atoms with Gasteiger partial charge in [-0.1, -0.05) is 0 Å². The van der Waals surface area contributed by atoms with E-state index in [9.17, 15) is 0 Å². The van der Waals surface area contributed by atoms with Crippen molar-refractivity contribution in [3.63, 3.8) is 0 Å². The summed E-state index contributed by atoms with van der Waals surface area (Å²) in [6, 6.07) is -0.245. The van der Waals surface area contributed by atoms with Gasteiger partial charge in [0.1, 0.15) is 0 Å². The summed E-state index contributed by atoms with van der Waals surface area (Å²) >= 11 is 0. The Balaban J connectivity index is 0. The fourth-order valence-corrected chi connectivity index (χ4v) is 0.257. The molecule has 0 heterocycles. The van der Waals surface area contributed by atoms with Crippen LogP contribution in [0.25, 0.3) is 0 Å². The monoisotopic (exact) mass is 141 g/mol. The summed E-state index contributed by atoms with van der Waals surface area (Å²) in [5.74, 6) is 0. The van der Waals surface area contributed by atoms with Crippen LogP contribution in [0.3, 0.4) is 0 Å².